The van der Waals surface area contributed by atoms with Crippen molar-refractivity contribution in [2.24, 2.45) is 0 Å². The lowest BCUT2D eigenvalue weighted by Crippen LogP contribution is -2.04. The summed E-state index contributed by atoms with van der Waals surface area (Å²) in [6.45, 7) is 1.98. The number of ether oxygens (including phenoxy) is 1. The zero-order chi connectivity index (χ0) is 12.3. The van der Waals surface area contributed by atoms with Crippen molar-refractivity contribution in [1.29, 1.82) is 0 Å². The van der Waals surface area contributed by atoms with Gasteiger partial charge in [-0.05, 0) is 31.2 Å². The number of pyridine rings is 1. The normalized spacial score (nSPS) is 12.2. The Labute approximate surface area is 101 Å². The van der Waals surface area contributed by atoms with Crippen LogP contribution in [0.4, 0.5) is 0 Å². The molecule has 1 heterocycles. The van der Waals surface area contributed by atoms with E-state index in [1.807, 2.05) is 37.3 Å². The molecule has 2 aromatic rings. The van der Waals surface area contributed by atoms with E-state index in [0.717, 1.165) is 11.1 Å². The molecule has 0 amide bonds. The average Bonchev–Trinajstić information content (AvgIpc) is 2.39. The number of aliphatic hydroxyl groups is 1. The Morgan fingerprint density at radius 1 is 1.24 bits per heavy atom. The Kier molecular flexibility index (Phi) is 3.40. The summed E-state index contributed by atoms with van der Waals surface area (Å²) in [6, 6.07) is 11.2. The van der Waals surface area contributed by atoms with Gasteiger partial charge >= 0.3 is 0 Å². The molecule has 0 aliphatic carbocycles. The highest BCUT2D eigenvalue weighted by Gasteiger charge is 2.16. The van der Waals surface area contributed by atoms with Gasteiger partial charge in [-0.2, -0.15) is 0 Å². The topological polar surface area (TPSA) is 42.4 Å². The SMILES string of the molecule is COc1ccc(C)cc1C(O)c1ccccn1. The molecule has 0 aliphatic heterocycles. The van der Waals surface area contributed by atoms with Gasteiger partial charge in [-0.3, -0.25) is 4.98 Å². The largest absolute Gasteiger partial charge is 0.496 e. The maximum atomic E-state index is 10.3. The molecule has 3 nitrogen and oxygen atoms in total. The second-order valence-electron chi connectivity index (χ2n) is 3.90. The minimum Gasteiger partial charge on any atom is -0.496 e. The van der Waals surface area contributed by atoms with Crippen molar-refractivity contribution >= 4 is 0 Å². The Morgan fingerprint density at radius 2 is 2.06 bits per heavy atom. The van der Waals surface area contributed by atoms with E-state index in [9.17, 15) is 5.11 Å². The van der Waals surface area contributed by atoms with Gasteiger partial charge in [-0.1, -0.05) is 17.7 Å². The third-order valence-electron chi connectivity index (χ3n) is 2.65. The summed E-state index contributed by atoms with van der Waals surface area (Å²) in [5.74, 6) is 0.675. The number of nitrogens with zero attached hydrogens (tertiary/aromatic N) is 1. The first-order valence-corrected chi connectivity index (χ1v) is 5.46. The van der Waals surface area contributed by atoms with Gasteiger partial charge in [-0.15, -0.1) is 0 Å². The Hall–Kier alpha value is -1.87. The van der Waals surface area contributed by atoms with Crippen LogP contribution < -0.4 is 4.74 Å². The van der Waals surface area contributed by atoms with Gasteiger partial charge < -0.3 is 9.84 Å². The first-order chi connectivity index (χ1) is 8.22. The van der Waals surface area contributed by atoms with Gasteiger partial charge in [-0.25, -0.2) is 0 Å². The van der Waals surface area contributed by atoms with Gasteiger partial charge in [0.05, 0.1) is 12.8 Å². The third kappa shape index (κ3) is 2.45. The van der Waals surface area contributed by atoms with Crippen LogP contribution in [0.1, 0.15) is 22.9 Å². The van der Waals surface area contributed by atoms with Gasteiger partial charge in [0, 0.05) is 11.8 Å². The van der Waals surface area contributed by atoms with Crippen LogP contribution in [0, 0.1) is 6.92 Å². The molecule has 0 saturated carbocycles. The fourth-order valence-corrected chi connectivity index (χ4v) is 1.76. The van der Waals surface area contributed by atoms with Gasteiger partial charge in [0.2, 0.25) is 0 Å². The predicted octanol–water partition coefficient (Wildman–Crippen LogP) is 2.48. The molecular weight excluding hydrogens is 214 g/mol. The van der Waals surface area contributed by atoms with E-state index in [-0.39, 0.29) is 0 Å². The molecule has 0 spiro atoms. The number of aliphatic hydroxyl groups excluding tert-OH is 1. The van der Waals surface area contributed by atoms with E-state index in [1.165, 1.54) is 0 Å². The number of benzene rings is 1. The van der Waals surface area contributed by atoms with E-state index in [1.54, 1.807) is 19.4 Å². The highest BCUT2D eigenvalue weighted by molar-refractivity contribution is 5.41. The molecule has 88 valence electrons. The van der Waals surface area contributed by atoms with Crippen molar-refractivity contribution in [2.45, 2.75) is 13.0 Å². The van der Waals surface area contributed by atoms with Gasteiger partial charge in [0.15, 0.2) is 0 Å². The molecular formula is C14H15NO2. The molecule has 17 heavy (non-hydrogen) atoms. The first kappa shape index (κ1) is 11.6. The third-order valence-corrected chi connectivity index (χ3v) is 2.65. The van der Waals surface area contributed by atoms with Crippen LogP contribution in [-0.2, 0) is 0 Å². The molecule has 2 rings (SSSR count). The molecule has 0 fully saturated rings. The highest BCUT2D eigenvalue weighted by Crippen LogP contribution is 2.29. The van der Waals surface area contributed by atoms with Crippen molar-refractivity contribution in [3.05, 3.63) is 59.4 Å². The number of hydrogen-bond donors (Lipinski definition) is 1. The smallest absolute Gasteiger partial charge is 0.125 e. The molecule has 1 atom stereocenters. The van der Waals surface area contributed by atoms with Crippen molar-refractivity contribution in [1.82, 2.24) is 4.98 Å². The van der Waals surface area contributed by atoms with Crippen molar-refractivity contribution in [3.63, 3.8) is 0 Å². The van der Waals surface area contributed by atoms with Crippen LogP contribution in [0.5, 0.6) is 5.75 Å². The zero-order valence-electron chi connectivity index (χ0n) is 9.92. The lowest BCUT2D eigenvalue weighted by molar-refractivity contribution is 0.210. The molecule has 0 radical (unpaired) electrons. The average molecular weight is 229 g/mol. The fraction of sp³-hybridized carbons (Fsp3) is 0.214. The van der Waals surface area contributed by atoms with E-state index >= 15 is 0 Å². The van der Waals surface area contributed by atoms with E-state index in [2.05, 4.69) is 4.98 Å². The van der Waals surface area contributed by atoms with Gasteiger partial charge in [0.25, 0.3) is 0 Å². The van der Waals surface area contributed by atoms with E-state index in [0.29, 0.717) is 11.4 Å². The number of methoxy groups -OCH3 is 1. The molecule has 0 saturated heterocycles. The second-order valence-corrected chi connectivity index (χ2v) is 3.90. The van der Waals surface area contributed by atoms with Crippen LogP contribution >= 0.6 is 0 Å². The number of hydrogen-bond acceptors (Lipinski definition) is 3. The first-order valence-electron chi connectivity index (χ1n) is 5.46. The maximum Gasteiger partial charge on any atom is 0.125 e. The van der Waals surface area contributed by atoms with E-state index < -0.39 is 6.10 Å². The summed E-state index contributed by atoms with van der Waals surface area (Å²) in [5, 5.41) is 10.3. The monoisotopic (exact) mass is 229 g/mol. The second kappa shape index (κ2) is 4.97. The van der Waals surface area contributed by atoms with Crippen molar-refractivity contribution < 1.29 is 9.84 Å². The molecule has 0 aliphatic rings. The van der Waals surface area contributed by atoms with Crippen LogP contribution in [0.15, 0.2) is 42.6 Å². The highest BCUT2D eigenvalue weighted by atomic mass is 16.5. The quantitative estimate of drug-likeness (QED) is 0.879. The Morgan fingerprint density at radius 3 is 2.71 bits per heavy atom. The molecule has 1 N–H and O–H groups in total. The lowest BCUT2D eigenvalue weighted by atomic mass is 10.0. The Balaban J connectivity index is 2.43. The predicted molar refractivity (Wildman–Crippen MR) is 66.0 cm³/mol. The molecule has 1 aromatic carbocycles. The minimum absolute atomic E-state index is 0.622. The number of aryl methyl sites for hydroxylation is 1. The summed E-state index contributed by atoms with van der Waals surface area (Å²) < 4.78 is 5.26. The summed E-state index contributed by atoms with van der Waals surface area (Å²) in [4.78, 5) is 4.15. The fourth-order valence-electron chi connectivity index (χ4n) is 1.76. The summed E-state index contributed by atoms with van der Waals surface area (Å²) >= 11 is 0. The van der Waals surface area contributed by atoms with Crippen LogP contribution in [0.3, 0.4) is 0 Å². The standard InChI is InChI=1S/C14H15NO2/c1-10-6-7-13(17-2)11(9-10)14(16)12-5-3-4-8-15-12/h3-9,14,16H,1-2H3. The van der Waals surface area contributed by atoms with Crippen LogP contribution in [0.25, 0.3) is 0 Å². The molecule has 3 heteroatoms. The van der Waals surface area contributed by atoms with Gasteiger partial charge in [0.1, 0.15) is 11.9 Å². The number of aromatic nitrogens is 1. The Bertz CT molecular complexity index is 497. The summed E-state index contributed by atoms with van der Waals surface area (Å²) in [5.41, 5.74) is 2.44. The molecule has 1 unspecified atom stereocenters. The van der Waals surface area contributed by atoms with Crippen LogP contribution in [-0.4, -0.2) is 17.2 Å². The minimum atomic E-state index is -0.758. The summed E-state index contributed by atoms with van der Waals surface area (Å²) in [6.07, 6.45) is 0.909. The zero-order valence-corrected chi connectivity index (χ0v) is 9.92. The molecule has 0 bridgehead atoms. The molecule has 1 aromatic heterocycles. The number of rotatable bonds is 3. The van der Waals surface area contributed by atoms with Crippen LogP contribution in [0.2, 0.25) is 0 Å². The van der Waals surface area contributed by atoms with Crippen molar-refractivity contribution in [3.8, 4) is 5.75 Å². The van der Waals surface area contributed by atoms with E-state index in [4.69, 9.17) is 4.74 Å². The van der Waals surface area contributed by atoms with Crippen molar-refractivity contribution in [2.75, 3.05) is 7.11 Å². The lowest BCUT2D eigenvalue weighted by Gasteiger charge is -2.15. The maximum absolute atomic E-state index is 10.3. The summed E-state index contributed by atoms with van der Waals surface area (Å²) in [7, 11) is 1.60.